The number of carbonyl (C=O) groups excluding carboxylic acids is 2. The lowest BCUT2D eigenvalue weighted by molar-refractivity contribution is -0.104. The second-order valence-corrected chi connectivity index (χ2v) is 4.78. The summed E-state index contributed by atoms with van der Waals surface area (Å²) in [6, 6.07) is 7.90. The van der Waals surface area contributed by atoms with Crippen LogP contribution in [0.2, 0.25) is 0 Å². The number of aryl methyl sites for hydroxylation is 2. The fraction of sp³-hybridized carbons (Fsp3) is 0.154. The van der Waals surface area contributed by atoms with Gasteiger partial charge in [-0.2, -0.15) is 0 Å². The van der Waals surface area contributed by atoms with Crippen molar-refractivity contribution in [1.82, 2.24) is 4.98 Å². The summed E-state index contributed by atoms with van der Waals surface area (Å²) < 4.78 is 0. The molecule has 0 aliphatic carbocycles. The minimum Gasteiger partial charge on any atom is -0.294 e. The molecule has 0 unspecified atom stereocenters. The van der Waals surface area contributed by atoms with Crippen molar-refractivity contribution in [2.45, 2.75) is 13.8 Å². The van der Waals surface area contributed by atoms with Gasteiger partial charge in [-0.3, -0.25) is 9.59 Å². The van der Waals surface area contributed by atoms with Crippen LogP contribution < -0.4 is 0 Å². The molecule has 0 fully saturated rings. The van der Waals surface area contributed by atoms with Crippen molar-refractivity contribution in [3.63, 3.8) is 0 Å². The van der Waals surface area contributed by atoms with E-state index >= 15 is 0 Å². The summed E-state index contributed by atoms with van der Waals surface area (Å²) in [4.78, 5) is 26.6. The lowest BCUT2D eigenvalue weighted by atomic mass is 10.1. The first-order chi connectivity index (χ1) is 8.11. The zero-order chi connectivity index (χ0) is 12.4. The molecule has 0 atom stereocenters. The summed E-state index contributed by atoms with van der Waals surface area (Å²) in [6.07, 6.45) is 0.334. The van der Waals surface area contributed by atoms with Gasteiger partial charge in [-0.15, -0.1) is 11.3 Å². The maximum Gasteiger partial charge on any atom is 0.237 e. The van der Waals surface area contributed by atoms with Gasteiger partial charge in [-0.25, -0.2) is 4.98 Å². The van der Waals surface area contributed by atoms with Crippen molar-refractivity contribution in [3.05, 3.63) is 40.4 Å². The van der Waals surface area contributed by atoms with Crippen molar-refractivity contribution < 1.29 is 9.59 Å². The van der Waals surface area contributed by atoms with Gasteiger partial charge in [0, 0.05) is 5.56 Å². The monoisotopic (exact) mass is 245 g/mol. The molecule has 0 saturated heterocycles. The third-order valence-corrected chi connectivity index (χ3v) is 3.61. The molecule has 0 saturated carbocycles. The zero-order valence-corrected chi connectivity index (χ0v) is 10.4. The topological polar surface area (TPSA) is 47.0 Å². The second kappa shape index (κ2) is 4.59. The minimum absolute atomic E-state index is 0.334. The van der Waals surface area contributed by atoms with Crippen LogP contribution in [-0.2, 0) is 4.79 Å². The van der Waals surface area contributed by atoms with E-state index in [1.807, 2.05) is 31.2 Å². The Hall–Kier alpha value is -1.81. The molecule has 4 heteroatoms. The molecule has 2 aromatic rings. The molecule has 1 heterocycles. The molecule has 17 heavy (non-hydrogen) atoms. The summed E-state index contributed by atoms with van der Waals surface area (Å²) in [5.74, 6) is -0.501. The molecule has 0 amide bonds. The van der Waals surface area contributed by atoms with Crippen LogP contribution >= 0.6 is 11.3 Å². The van der Waals surface area contributed by atoms with E-state index in [9.17, 15) is 9.59 Å². The standard InChI is InChI=1S/C13H11NO2S/c1-8-4-3-5-10(6-8)13-14-9(2)12(17-13)11(16)7-15/h3-7H,1-2H3. The van der Waals surface area contributed by atoms with Crippen LogP contribution in [0.4, 0.5) is 0 Å². The van der Waals surface area contributed by atoms with Gasteiger partial charge in [-0.1, -0.05) is 23.8 Å². The van der Waals surface area contributed by atoms with Gasteiger partial charge in [0.1, 0.15) is 9.88 Å². The van der Waals surface area contributed by atoms with Gasteiger partial charge in [0.05, 0.1) is 5.69 Å². The highest BCUT2D eigenvalue weighted by Gasteiger charge is 2.15. The number of hydrogen-bond donors (Lipinski definition) is 0. The van der Waals surface area contributed by atoms with E-state index in [1.165, 1.54) is 11.3 Å². The van der Waals surface area contributed by atoms with Crippen LogP contribution in [0.3, 0.4) is 0 Å². The Morgan fingerprint density at radius 2 is 2.12 bits per heavy atom. The molecular formula is C13H11NO2S. The molecule has 0 aliphatic rings. The predicted molar refractivity (Wildman–Crippen MR) is 67.4 cm³/mol. The van der Waals surface area contributed by atoms with Crippen molar-refractivity contribution in [1.29, 1.82) is 0 Å². The van der Waals surface area contributed by atoms with E-state index in [1.54, 1.807) is 6.92 Å². The lowest BCUT2D eigenvalue weighted by Crippen LogP contribution is -1.98. The Kier molecular flexibility index (Phi) is 3.15. The van der Waals surface area contributed by atoms with Crippen LogP contribution in [0.25, 0.3) is 10.6 Å². The number of thiazole rings is 1. The molecule has 0 aliphatic heterocycles. The third-order valence-electron chi connectivity index (χ3n) is 2.39. The number of hydrogen-bond acceptors (Lipinski definition) is 4. The van der Waals surface area contributed by atoms with Gasteiger partial charge in [0.2, 0.25) is 5.78 Å². The fourth-order valence-electron chi connectivity index (χ4n) is 1.58. The largest absolute Gasteiger partial charge is 0.294 e. The van der Waals surface area contributed by atoms with Crippen LogP contribution in [0.15, 0.2) is 24.3 Å². The lowest BCUT2D eigenvalue weighted by Gasteiger charge is -1.96. The van der Waals surface area contributed by atoms with E-state index in [-0.39, 0.29) is 0 Å². The minimum atomic E-state index is -0.501. The average molecular weight is 245 g/mol. The second-order valence-electron chi connectivity index (χ2n) is 3.79. The average Bonchev–Trinajstić information content (AvgIpc) is 2.70. The maximum absolute atomic E-state index is 11.3. The van der Waals surface area contributed by atoms with E-state index in [4.69, 9.17) is 0 Å². The highest BCUT2D eigenvalue weighted by atomic mass is 32.1. The maximum atomic E-state index is 11.3. The summed E-state index contributed by atoms with van der Waals surface area (Å²) >= 11 is 1.26. The molecule has 1 aromatic carbocycles. The predicted octanol–water partition coefficient (Wildman–Crippen LogP) is 2.81. The van der Waals surface area contributed by atoms with Crippen molar-refractivity contribution in [2.24, 2.45) is 0 Å². The van der Waals surface area contributed by atoms with Crippen LogP contribution in [0, 0.1) is 13.8 Å². The smallest absolute Gasteiger partial charge is 0.237 e. The molecular weight excluding hydrogens is 234 g/mol. The summed E-state index contributed by atoms with van der Waals surface area (Å²) in [6.45, 7) is 3.74. The van der Waals surface area contributed by atoms with Crippen LogP contribution in [0.1, 0.15) is 20.9 Å². The molecule has 3 nitrogen and oxygen atoms in total. The number of Topliss-reactive ketones (excluding diaryl/α,β-unsaturated/α-hetero) is 1. The van der Waals surface area contributed by atoms with Crippen molar-refractivity contribution in [2.75, 3.05) is 0 Å². The van der Waals surface area contributed by atoms with Gasteiger partial charge in [0.15, 0.2) is 6.29 Å². The fourth-order valence-corrected chi connectivity index (χ4v) is 2.54. The van der Waals surface area contributed by atoms with Gasteiger partial charge >= 0.3 is 0 Å². The van der Waals surface area contributed by atoms with E-state index in [0.29, 0.717) is 16.9 Å². The normalized spacial score (nSPS) is 10.2. The Morgan fingerprint density at radius 1 is 1.35 bits per heavy atom. The Morgan fingerprint density at radius 3 is 2.76 bits per heavy atom. The van der Waals surface area contributed by atoms with Crippen molar-refractivity contribution >= 4 is 23.4 Å². The molecule has 2 rings (SSSR count). The number of ketones is 1. The quantitative estimate of drug-likeness (QED) is 0.474. The molecule has 1 aromatic heterocycles. The summed E-state index contributed by atoms with van der Waals surface area (Å²) in [5, 5.41) is 0.774. The first-order valence-electron chi connectivity index (χ1n) is 5.16. The number of nitrogens with zero attached hydrogens (tertiary/aromatic N) is 1. The van der Waals surface area contributed by atoms with Crippen LogP contribution in [0.5, 0.6) is 0 Å². The van der Waals surface area contributed by atoms with E-state index in [0.717, 1.165) is 16.1 Å². The molecule has 86 valence electrons. The molecule has 0 radical (unpaired) electrons. The van der Waals surface area contributed by atoms with Gasteiger partial charge in [0.25, 0.3) is 0 Å². The number of aldehydes is 1. The summed E-state index contributed by atoms with van der Waals surface area (Å²) in [7, 11) is 0. The number of rotatable bonds is 3. The highest BCUT2D eigenvalue weighted by Crippen LogP contribution is 2.28. The van der Waals surface area contributed by atoms with E-state index < -0.39 is 5.78 Å². The first-order valence-corrected chi connectivity index (χ1v) is 5.97. The zero-order valence-electron chi connectivity index (χ0n) is 9.56. The number of carbonyl (C=O) groups is 2. The third kappa shape index (κ3) is 2.31. The Balaban J connectivity index is 2.48. The first kappa shape index (κ1) is 11.7. The van der Waals surface area contributed by atoms with Crippen molar-refractivity contribution in [3.8, 4) is 10.6 Å². The Bertz CT molecular complexity index is 587. The molecule has 0 bridgehead atoms. The summed E-state index contributed by atoms with van der Waals surface area (Å²) in [5.41, 5.74) is 2.73. The molecule has 0 spiro atoms. The SMILES string of the molecule is Cc1cccc(-c2nc(C)c(C(=O)C=O)s2)c1. The van der Waals surface area contributed by atoms with Gasteiger partial charge < -0.3 is 0 Å². The number of aromatic nitrogens is 1. The van der Waals surface area contributed by atoms with Gasteiger partial charge in [-0.05, 0) is 19.9 Å². The Labute approximate surface area is 103 Å². The molecule has 0 N–H and O–H groups in total. The van der Waals surface area contributed by atoms with Crippen LogP contribution in [-0.4, -0.2) is 17.1 Å². The van der Waals surface area contributed by atoms with E-state index in [2.05, 4.69) is 4.98 Å². The number of benzene rings is 1. The highest BCUT2D eigenvalue weighted by molar-refractivity contribution is 7.17.